The van der Waals surface area contributed by atoms with Crippen LogP contribution in [0.1, 0.15) is 5.69 Å². The molecular weight excluding hydrogens is 630 g/mol. The molecular formula is C22H23N9O9S3. The van der Waals surface area contributed by atoms with Crippen LogP contribution in [0.25, 0.3) is 0 Å². The summed E-state index contributed by atoms with van der Waals surface area (Å²) in [6.07, 6.45) is 0.720. The summed E-state index contributed by atoms with van der Waals surface area (Å²) in [6, 6.07) is -1.04. The van der Waals surface area contributed by atoms with Gasteiger partial charge >= 0.3 is 23.2 Å². The van der Waals surface area contributed by atoms with Crippen molar-refractivity contribution < 1.29 is 33.9 Å². The largest absolute Gasteiger partial charge is 0.477 e. The molecule has 4 rings (SSSR count). The van der Waals surface area contributed by atoms with E-state index in [-0.39, 0.29) is 51.8 Å². The Morgan fingerprint density at radius 3 is 2.74 bits per heavy atom. The van der Waals surface area contributed by atoms with E-state index in [0.717, 1.165) is 32.6 Å². The monoisotopic (exact) mass is 653 g/mol. The molecule has 4 heterocycles. The highest BCUT2D eigenvalue weighted by molar-refractivity contribution is 8.02. The first-order valence-corrected chi connectivity index (χ1v) is 14.8. The Morgan fingerprint density at radius 1 is 1.33 bits per heavy atom. The van der Waals surface area contributed by atoms with Crippen LogP contribution >= 0.6 is 34.9 Å². The second-order valence-electron chi connectivity index (χ2n) is 8.36. The smallest absolute Gasteiger partial charge is 0.406 e. The van der Waals surface area contributed by atoms with Crippen LogP contribution < -0.4 is 27.5 Å². The van der Waals surface area contributed by atoms with Crippen molar-refractivity contribution in [3.63, 3.8) is 0 Å². The molecule has 1 saturated heterocycles. The number of hydrogen-bond acceptors (Lipinski definition) is 15. The molecule has 0 radical (unpaired) electrons. The maximum atomic E-state index is 13.0. The second kappa shape index (κ2) is 13.6. The van der Waals surface area contributed by atoms with E-state index < -0.39 is 46.4 Å². The molecule has 2 aromatic rings. The number of hydrogen-bond donors (Lipinski definition) is 5. The van der Waals surface area contributed by atoms with Crippen molar-refractivity contribution in [1.82, 2.24) is 35.3 Å². The number of anilines is 1. The van der Waals surface area contributed by atoms with Crippen molar-refractivity contribution >= 4 is 69.6 Å². The number of thiazole rings is 1. The number of carboxylic acid groups (broad SMARTS) is 1. The topological polar surface area (TPSA) is 253 Å². The number of aromatic nitrogens is 4. The number of oxime groups is 1. The van der Waals surface area contributed by atoms with E-state index in [9.17, 15) is 33.9 Å². The first kappa shape index (κ1) is 31.3. The fourth-order valence-electron chi connectivity index (χ4n) is 3.90. The quantitative estimate of drug-likeness (QED) is 0.0623. The number of allylic oxidation sites excluding steroid dienone is 1. The van der Waals surface area contributed by atoms with E-state index in [0.29, 0.717) is 0 Å². The number of nitrogens with zero attached hydrogens (tertiary/aromatic N) is 5. The van der Waals surface area contributed by atoms with Crippen LogP contribution in [0.4, 0.5) is 9.93 Å². The number of nitrogens with two attached hydrogens (primary N) is 1. The van der Waals surface area contributed by atoms with E-state index in [2.05, 4.69) is 35.7 Å². The highest BCUT2D eigenvalue weighted by Gasteiger charge is 2.54. The summed E-state index contributed by atoms with van der Waals surface area (Å²) in [5.74, 6) is -2.60. The van der Waals surface area contributed by atoms with Gasteiger partial charge in [0.05, 0.1) is 7.11 Å². The average molecular weight is 654 g/mol. The van der Waals surface area contributed by atoms with Gasteiger partial charge in [-0.1, -0.05) is 16.9 Å². The van der Waals surface area contributed by atoms with Crippen molar-refractivity contribution in [1.29, 1.82) is 0 Å². The third kappa shape index (κ3) is 6.73. The van der Waals surface area contributed by atoms with Crippen molar-refractivity contribution in [2.24, 2.45) is 5.16 Å². The predicted octanol–water partition coefficient (Wildman–Crippen LogP) is -1.28. The van der Waals surface area contributed by atoms with Crippen molar-refractivity contribution in [2.45, 2.75) is 23.1 Å². The van der Waals surface area contributed by atoms with Crippen LogP contribution in [-0.4, -0.2) is 97.3 Å². The lowest BCUT2D eigenvalue weighted by atomic mass is 10.0. The molecule has 2 aliphatic rings. The zero-order valence-electron chi connectivity index (χ0n) is 22.3. The first-order chi connectivity index (χ1) is 20.6. The normalized spacial score (nSPS) is 18.2. The second-order valence-corrected chi connectivity index (χ2v) is 11.2. The summed E-state index contributed by atoms with van der Waals surface area (Å²) in [6.45, 7) is -0.129. The maximum Gasteiger partial charge on any atom is 0.406 e. The van der Waals surface area contributed by atoms with E-state index in [1.807, 2.05) is 0 Å². The number of fused-ring (bicyclic) bond motifs is 1. The number of carbonyl (C=O) groups is 4. The summed E-state index contributed by atoms with van der Waals surface area (Å²) in [5.41, 5.74) is 3.72. The number of alkyl carbamates (subject to hydrolysis) is 1. The Hall–Kier alpha value is -4.63. The number of rotatable bonds is 11. The number of nitrogens with one attached hydrogen (secondary N) is 3. The summed E-state index contributed by atoms with van der Waals surface area (Å²) in [5, 5.41) is 27.0. The zero-order chi connectivity index (χ0) is 31.3. The van der Waals surface area contributed by atoms with E-state index in [1.165, 1.54) is 42.8 Å². The highest BCUT2D eigenvalue weighted by atomic mass is 32.2. The number of carboxylic acids is 1. The first-order valence-electron chi connectivity index (χ1n) is 12.0. The minimum atomic E-state index is -1.36. The standard InChI is InChI=1S/C22H23N9O9S3/c1-39-22(38)24-4-5-30-17(35)15(33)27-28-21(30)41-6-3-9-7-42-18-12(16(34)31(18)13(9)19(36)37)26-14(32)11(29-40-2)10-8-43-20(23)25-10/h3,6,8,12,18H,4-5,7H2,1-2H3,(H2,23,25)(H,24,38)(H,26,32)(H,27,33)(H,36,37)/b6-3+,29-11-. The number of nitrogen functional groups attached to an aromatic ring is 1. The molecule has 3 amide bonds. The summed E-state index contributed by atoms with van der Waals surface area (Å²) in [4.78, 5) is 83.4. The number of aliphatic carboxylic acids is 1. The number of amides is 3. The van der Waals surface area contributed by atoms with Crippen LogP contribution in [0.3, 0.4) is 0 Å². The van der Waals surface area contributed by atoms with Gasteiger partial charge in [-0.15, -0.1) is 28.2 Å². The number of β-lactam (4-membered cyclic amide) rings is 1. The lowest BCUT2D eigenvalue weighted by Gasteiger charge is -2.49. The Balaban J connectivity index is 1.49. The van der Waals surface area contributed by atoms with E-state index in [1.54, 1.807) is 0 Å². The van der Waals surface area contributed by atoms with E-state index >= 15 is 0 Å². The zero-order valence-corrected chi connectivity index (χ0v) is 24.7. The molecule has 0 spiro atoms. The molecule has 43 heavy (non-hydrogen) atoms. The number of aromatic amines is 1. The fourth-order valence-corrected chi connectivity index (χ4v) is 6.52. The summed E-state index contributed by atoms with van der Waals surface area (Å²) in [7, 11) is 2.41. The Labute approximate surface area is 253 Å². The van der Waals surface area contributed by atoms with Gasteiger partial charge in [-0.05, 0) is 17.1 Å². The van der Waals surface area contributed by atoms with Crippen LogP contribution in [0, 0.1) is 0 Å². The third-order valence-electron chi connectivity index (χ3n) is 5.81. The average Bonchev–Trinajstić information content (AvgIpc) is 3.42. The lowest BCUT2D eigenvalue weighted by Crippen LogP contribution is -2.71. The molecule has 6 N–H and O–H groups in total. The van der Waals surface area contributed by atoms with Crippen LogP contribution in [0.5, 0.6) is 0 Å². The van der Waals surface area contributed by atoms with Gasteiger partial charge in [0.15, 0.2) is 16.0 Å². The van der Waals surface area contributed by atoms with Crippen molar-refractivity contribution in [3.8, 4) is 0 Å². The molecule has 18 nitrogen and oxygen atoms in total. The number of thioether (sulfide) groups is 2. The van der Waals surface area contributed by atoms with E-state index in [4.69, 9.17) is 10.6 Å². The fraction of sp³-hybridized carbons (Fsp3) is 0.318. The Bertz CT molecular complexity index is 1660. The minimum Gasteiger partial charge on any atom is -0.477 e. The molecule has 21 heteroatoms. The van der Waals surface area contributed by atoms with Gasteiger partial charge in [0, 0.05) is 24.2 Å². The predicted molar refractivity (Wildman–Crippen MR) is 154 cm³/mol. The van der Waals surface area contributed by atoms with Gasteiger partial charge < -0.3 is 31.0 Å². The lowest BCUT2D eigenvalue weighted by molar-refractivity contribution is -0.150. The van der Waals surface area contributed by atoms with Gasteiger partial charge in [0.1, 0.15) is 29.9 Å². The molecule has 0 aliphatic carbocycles. The molecule has 1 fully saturated rings. The molecule has 2 atom stereocenters. The van der Waals surface area contributed by atoms with Crippen LogP contribution in [0.15, 0.2) is 48.0 Å². The molecule has 2 aliphatic heterocycles. The molecule has 0 saturated carbocycles. The maximum absolute atomic E-state index is 13.0. The number of carbonyl (C=O) groups excluding carboxylic acids is 3. The number of H-pyrrole nitrogens is 1. The summed E-state index contributed by atoms with van der Waals surface area (Å²) >= 11 is 3.21. The molecule has 228 valence electrons. The Kier molecular flexibility index (Phi) is 9.88. The molecule has 0 aromatic carbocycles. The van der Waals surface area contributed by atoms with Crippen molar-refractivity contribution in [3.05, 3.63) is 54.5 Å². The van der Waals surface area contributed by atoms with Gasteiger partial charge in [-0.25, -0.2) is 19.7 Å². The van der Waals surface area contributed by atoms with Gasteiger partial charge in [-0.2, -0.15) is 0 Å². The molecule has 2 unspecified atom stereocenters. The molecule has 2 aromatic heterocycles. The third-order valence-corrected chi connectivity index (χ3v) is 8.58. The van der Waals surface area contributed by atoms with Crippen molar-refractivity contribution in [2.75, 3.05) is 32.3 Å². The van der Waals surface area contributed by atoms with Gasteiger partial charge in [-0.3, -0.25) is 28.6 Å². The van der Waals surface area contributed by atoms with Gasteiger partial charge in [0.2, 0.25) is 0 Å². The molecule has 0 bridgehead atoms. The van der Waals surface area contributed by atoms with Gasteiger partial charge in [0.25, 0.3) is 11.8 Å². The SMILES string of the molecule is CO/N=C(\C(=O)NC1C(=O)N2C(C(=O)O)=C(/C=C/Sc3n[nH]c(=O)c(=O)n3CCNC(=O)OC)CSC12)c1csc(N)n1. The Morgan fingerprint density at radius 2 is 2.09 bits per heavy atom. The van der Waals surface area contributed by atoms with Crippen LogP contribution in [-0.2, 0) is 30.5 Å². The highest BCUT2D eigenvalue weighted by Crippen LogP contribution is 2.41. The number of ether oxygens (including phenoxy) is 1. The summed E-state index contributed by atoms with van der Waals surface area (Å²) < 4.78 is 5.51. The minimum absolute atomic E-state index is 0.0350. The number of methoxy groups -OCH3 is 1. The van der Waals surface area contributed by atoms with Crippen LogP contribution in [0.2, 0.25) is 0 Å².